The Balaban J connectivity index is 1.12. The molecule has 24 heteroatoms. The molecule has 0 saturated carbocycles. The van der Waals surface area contributed by atoms with Crippen LogP contribution in [0.4, 0.5) is 0 Å². The lowest BCUT2D eigenvalue weighted by Gasteiger charge is -2.47. The fourth-order valence-electron chi connectivity index (χ4n) is 8.27. The van der Waals surface area contributed by atoms with Crippen molar-refractivity contribution < 1.29 is 117 Å². The number of carbonyl (C=O) groups excluding carboxylic acids is 5. The molecule has 374 valence electrons. The third-order valence-corrected chi connectivity index (χ3v) is 11.3. The van der Waals surface area contributed by atoms with Crippen LogP contribution in [0.25, 0.3) is 0 Å². The predicted molar refractivity (Wildman–Crippen MR) is 223 cm³/mol. The standard InChI is InChI=1S/C45H50O24/c1-17(47)59-15-32-41(61-18(2)48)42(62-19(3)49)43(63-20(4)50)45(68-32)69-40-30(14-46)67-44(37(57)36(40)56)60-16-31-38(21-6-8-24(52)27(10-21)58-5)65-28-11-22(7-9-26(28)64-31)39-35(55)34(54)33-25(53)12-23(51)13-29(33)66-39/h6-13,30-32,35-46,51-53,55-57H,14-16H2,1-5H3/t30-,31?,32-,35+,36-,37-,38?,39-,40-,41+,42+,43-,44-,45+/m1/s1. The third kappa shape index (κ3) is 10.9. The van der Waals surface area contributed by atoms with Crippen LogP contribution in [-0.2, 0) is 57.1 Å². The molecule has 0 spiro atoms. The van der Waals surface area contributed by atoms with Crippen LogP contribution in [-0.4, -0.2) is 166 Å². The first-order valence-corrected chi connectivity index (χ1v) is 21.3. The number of esters is 4. The van der Waals surface area contributed by atoms with Gasteiger partial charge in [0.2, 0.25) is 5.78 Å². The summed E-state index contributed by atoms with van der Waals surface area (Å²) < 4.78 is 69.3. The quantitative estimate of drug-likeness (QED) is 0.0843. The number of phenols is 3. The van der Waals surface area contributed by atoms with Crippen LogP contribution in [0, 0.1) is 0 Å². The van der Waals surface area contributed by atoms with Crippen LogP contribution in [0.15, 0.2) is 48.5 Å². The lowest BCUT2D eigenvalue weighted by Crippen LogP contribution is -2.66. The van der Waals surface area contributed by atoms with Gasteiger partial charge >= 0.3 is 23.9 Å². The van der Waals surface area contributed by atoms with Crippen molar-refractivity contribution in [1.82, 2.24) is 0 Å². The smallest absolute Gasteiger partial charge is 0.303 e. The zero-order chi connectivity index (χ0) is 50.0. The molecule has 2 fully saturated rings. The lowest BCUT2D eigenvalue weighted by molar-refractivity contribution is -0.361. The Kier molecular flexibility index (Phi) is 15.3. The van der Waals surface area contributed by atoms with E-state index in [-0.39, 0.29) is 45.6 Å². The van der Waals surface area contributed by atoms with Gasteiger partial charge < -0.3 is 92.6 Å². The molecule has 0 amide bonds. The molecule has 0 aromatic heterocycles. The molecule has 69 heavy (non-hydrogen) atoms. The fraction of sp³-hybridized carbons (Fsp3) is 0.489. The Hall–Kier alpha value is -6.51. The number of aromatic hydroxyl groups is 3. The average molecular weight is 975 g/mol. The number of hydrogen-bond donors (Lipinski definition) is 7. The van der Waals surface area contributed by atoms with Gasteiger partial charge in [-0.05, 0) is 29.8 Å². The van der Waals surface area contributed by atoms with Gasteiger partial charge in [-0.3, -0.25) is 24.0 Å². The van der Waals surface area contributed by atoms with E-state index in [0.29, 0.717) is 5.56 Å². The predicted octanol–water partition coefficient (Wildman–Crippen LogP) is 0.294. The largest absolute Gasteiger partial charge is 0.508 e. The number of carbonyl (C=O) groups is 5. The van der Waals surface area contributed by atoms with E-state index < -0.39 is 141 Å². The number of aliphatic hydroxyl groups is 4. The van der Waals surface area contributed by atoms with E-state index in [4.69, 9.17) is 56.8 Å². The van der Waals surface area contributed by atoms with Gasteiger partial charge in [-0.1, -0.05) is 12.1 Å². The van der Waals surface area contributed by atoms with Crippen molar-refractivity contribution in [2.45, 2.75) is 114 Å². The van der Waals surface area contributed by atoms with Gasteiger partial charge in [0, 0.05) is 45.4 Å². The van der Waals surface area contributed by atoms with Crippen molar-refractivity contribution in [3.63, 3.8) is 0 Å². The van der Waals surface area contributed by atoms with Gasteiger partial charge in [0.15, 0.2) is 78.3 Å². The molecule has 3 aromatic carbocycles. The highest BCUT2D eigenvalue weighted by molar-refractivity contribution is 6.05. The summed E-state index contributed by atoms with van der Waals surface area (Å²) in [6, 6.07) is 10.7. The van der Waals surface area contributed by atoms with E-state index >= 15 is 0 Å². The number of methoxy groups -OCH3 is 1. The highest BCUT2D eigenvalue weighted by Crippen LogP contribution is 2.46. The number of hydrogen-bond acceptors (Lipinski definition) is 24. The molecule has 3 aromatic rings. The van der Waals surface area contributed by atoms with E-state index in [0.717, 1.165) is 39.8 Å². The molecule has 4 aliphatic rings. The summed E-state index contributed by atoms with van der Waals surface area (Å²) in [7, 11) is 1.32. The summed E-state index contributed by atoms with van der Waals surface area (Å²) >= 11 is 0. The second-order valence-corrected chi connectivity index (χ2v) is 16.2. The first kappa shape index (κ1) is 50.4. The number of fused-ring (bicyclic) bond motifs is 2. The van der Waals surface area contributed by atoms with Crippen molar-refractivity contribution >= 4 is 29.7 Å². The second kappa shape index (κ2) is 21.0. The average Bonchev–Trinajstić information content (AvgIpc) is 3.29. The zero-order valence-corrected chi connectivity index (χ0v) is 37.4. The van der Waals surface area contributed by atoms with Gasteiger partial charge in [-0.2, -0.15) is 0 Å². The molecule has 0 aliphatic carbocycles. The fourth-order valence-corrected chi connectivity index (χ4v) is 8.27. The van der Waals surface area contributed by atoms with Crippen molar-refractivity contribution in [2.75, 3.05) is 26.9 Å². The lowest BCUT2D eigenvalue weighted by atomic mass is 9.92. The topological polar surface area (TPSA) is 338 Å². The van der Waals surface area contributed by atoms with Crippen LogP contribution in [0.3, 0.4) is 0 Å². The van der Waals surface area contributed by atoms with Crippen LogP contribution in [0.1, 0.15) is 61.4 Å². The third-order valence-electron chi connectivity index (χ3n) is 11.3. The van der Waals surface area contributed by atoms with Gasteiger partial charge in [-0.25, -0.2) is 0 Å². The van der Waals surface area contributed by atoms with Gasteiger partial charge in [-0.15, -0.1) is 0 Å². The Morgan fingerprint density at radius 3 is 1.91 bits per heavy atom. The number of rotatable bonds is 14. The van der Waals surface area contributed by atoms with E-state index in [9.17, 15) is 59.7 Å². The zero-order valence-electron chi connectivity index (χ0n) is 37.4. The van der Waals surface area contributed by atoms with Gasteiger partial charge in [0.05, 0.1) is 20.3 Å². The van der Waals surface area contributed by atoms with Gasteiger partial charge in [0.1, 0.15) is 59.9 Å². The molecule has 7 rings (SSSR count). The highest BCUT2D eigenvalue weighted by atomic mass is 16.8. The van der Waals surface area contributed by atoms with E-state index in [1.54, 1.807) is 0 Å². The number of phenolic OH excluding ortho intramolecular Hbond substituents is 3. The first-order chi connectivity index (χ1) is 32.8. The van der Waals surface area contributed by atoms with E-state index in [1.807, 2.05) is 0 Å². The molecule has 0 radical (unpaired) electrons. The maximum Gasteiger partial charge on any atom is 0.303 e. The van der Waals surface area contributed by atoms with Crippen LogP contribution >= 0.6 is 0 Å². The molecule has 4 heterocycles. The molecule has 0 bridgehead atoms. The van der Waals surface area contributed by atoms with E-state index in [1.165, 1.54) is 43.5 Å². The SMILES string of the molecule is COc1cc(C2Oc3cc([C@H]4Oc5cc(O)cc(O)c5C(=O)[C@@H]4O)ccc3OC2CO[C@@H]2O[C@H](CO)[C@@H](O[C@@H]3O[C@H](COC(C)=O)[C@H](OC(C)=O)[C@H](OC(C)=O)[C@H]3OC(C)=O)[C@H](O)[C@H]2O)ccc1O. The van der Waals surface area contributed by atoms with Crippen LogP contribution in [0.2, 0.25) is 0 Å². The maximum absolute atomic E-state index is 13.2. The summed E-state index contributed by atoms with van der Waals surface area (Å²) in [5.74, 6) is -5.45. The molecular formula is C45H50O24. The molecule has 14 atom stereocenters. The minimum Gasteiger partial charge on any atom is -0.508 e. The summed E-state index contributed by atoms with van der Waals surface area (Å²) in [5.41, 5.74) is 0.287. The van der Waals surface area contributed by atoms with Crippen LogP contribution in [0.5, 0.6) is 40.2 Å². The number of Topliss-reactive ketones (excluding diaryl/α,β-unsaturated/α-hetero) is 1. The molecule has 4 aliphatic heterocycles. The Labute approximate surface area is 391 Å². The second-order valence-electron chi connectivity index (χ2n) is 16.2. The van der Waals surface area contributed by atoms with Crippen molar-refractivity contribution in [1.29, 1.82) is 0 Å². The monoisotopic (exact) mass is 974 g/mol. The minimum atomic E-state index is -1.96. The molecule has 7 N–H and O–H groups in total. The summed E-state index contributed by atoms with van der Waals surface area (Å²) in [4.78, 5) is 61.8. The Morgan fingerprint density at radius 2 is 1.25 bits per heavy atom. The number of ether oxygens (including phenoxy) is 12. The molecule has 2 saturated heterocycles. The van der Waals surface area contributed by atoms with Crippen molar-refractivity contribution in [3.8, 4) is 40.2 Å². The number of ketones is 1. The minimum absolute atomic E-state index is 0.0559. The molecular weight excluding hydrogens is 924 g/mol. The van der Waals surface area contributed by atoms with Gasteiger partial charge in [0.25, 0.3) is 0 Å². The Bertz CT molecular complexity index is 2400. The van der Waals surface area contributed by atoms with E-state index in [2.05, 4.69) is 0 Å². The first-order valence-electron chi connectivity index (χ1n) is 21.3. The number of benzene rings is 3. The number of aliphatic hydroxyl groups excluding tert-OH is 4. The van der Waals surface area contributed by atoms with Crippen molar-refractivity contribution in [2.24, 2.45) is 0 Å². The highest BCUT2D eigenvalue weighted by Gasteiger charge is 2.56. The maximum atomic E-state index is 13.2. The van der Waals surface area contributed by atoms with Crippen molar-refractivity contribution in [3.05, 3.63) is 65.2 Å². The molecule has 2 unspecified atom stereocenters. The van der Waals surface area contributed by atoms with Crippen LogP contribution < -0.4 is 18.9 Å². The summed E-state index contributed by atoms with van der Waals surface area (Å²) in [6.07, 6.45) is -22.3. The summed E-state index contributed by atoms with van der Waals surface area (Å²) in [5, 5.41) is 75.3. The molecule has 24 nitrogen and oxygen atoms in total. The normalized spacial score (nSPS) is 30.5. The summed E-state index contributed by atoms with van der Waals surface area (Å²) in [6.45, 7) is 2.22. The Morgan fingerprint density at radius 1 is 0.609 bits per heavy atom.